The molecule has 0 saturated carbocycles. The lowest BCUT2D eigenvalue weighted by Gasteiger charge is -2.25. The van der Waals surface area contributed by atoms with Gasteiger partial charge in [-0.3, -0.25) is 4.79 Å². The Labute approximate surface area is 140 Å². The van der Waals surface area contributed by atoms with Crippen molar-refractivity contribution >= 4 is 5.78 Å². The smallest absolute Gasteiger partial charge is 0.167 e. The molecule has 0 N–H and O–H groups in total. The van der Waals surface area contributed by atoms with Gasteiger partial charge >= 0.3 is 0 Å². The number of methoxy groups -OCH3 is 1. The molecule has 0 bridgehead atoms. The van der Waals surface area contributed by atoms with Crippen molar-refractivity contribution in [3.63, 3.8) is 0 Å². The van der Waals surface area contributed by atoms with E-state index in [0.29, 0.717) is 5.78 Å². The van der Waals surface area contributed by atoms with Crippen LogP contribution in [0.1, 0.15) is 60.5 Å². The number of hydrogen-bond donors (Lipinski definition) is 0. The van der Waals surface area contributed by atoms with Gasteiger partial charge in [0.05, 0.1) is 7.11 Å². The number of fused-ring (bicyclic) bond motifs is 1. The third kappa shape index (κ3) is 3.45. The van der Waals surface area contributed by atoms with E-state index in [1.165, 1.54) is 36.8 Å². The number of rotatable bonds is 6. The number of ketones is 1. The Morgan fingerprint density at radius 2 is 1.83 bits per heavy atom. The van der Waals surface area contributed by atoms with Gasteiger partial charge in [0.15, 0.2) is 5.78 Å². The Morgan fingerprint density at radius 1 is 1.13 bits per heavy atom. The molecule has 1 heterocycles. The number of likely N-dealkylation sites (tertiary alicyclic amines) is 1. The zero-order chi connectivity index (χ0) is 16.2. The highest BCUT2D eigenvalue weighted by molar-refractivity contribution is 6.00. The summed E-state index contributed by atoms with van der Waals surface area (Å²) in [4.78, 5) is 15.6. The predicted octanol–water partition coefficient (Wildman–Crippen LogP) is 3.88. The second-order valence-electron chi connectivity index (χ2n) is 6.96. The van der Waals surface area contributed by atoms with Gasteiger partial charge in [0.1, 0.15) is 5.75 Å². The number of benzene rings is 1. The van der Waals surface area contributed by atoms with Crippen LogP contribution in [0, 0.1) is 5.92 Å². The molecule has 0 spiro atoms. The summed E-state index contributed by atoms with van der Waals surface area (Å²) in [5.41, 5.74) is 3.51. The van der Waals surface area contributed by atoms with Gasteiger partial charge in [-0.25, -0.2) is 0 Å². The van der Waals surface area contributed by atoms with Crippen molar-refractivity contribution in [2.24, 2.45) is 5.92 Å². The summed E-state index contributed by atoms with van der Waals surface area (Å²) in [7, 11) is 1.73. The normalized spacial score (nSPS) is 19.4. The Morgan fingerprint density at radius 3 is 2.48 bits per heavy atom. The zero-order valence-corrected chi connectivity index (χ0v) is 14.6. The van der Waals surface area contributed by atoms with Crippen molar-refractivity contribution in [3.05, 3.63) is 28.8 Å². The molecule has 126 valence electrons. The monoisotopic (exact) mass is 315 g/mol. The molecule has 0 aromatic heterocycles. The topological polar surface area (TPSA) is 29.5 Å². The standard InChI is InChI=1S/C20H29NO2/c1-3-15(14-21-12-6-7-13-21)20(22)18-10-11-19(23-2)17-9-5-4-8-16(17)18/h10-11,15H,3-9,12-14H2,1-2H3. The Balaban J connectivity index is 1.85. The number of ether oxygens (including phenoxy) is 1. The minimum atomic E-state index is 0.132. The summed E-state index contributed by atoms with van der Waals surface area (Å²) in [6.45, 7) is 5.39. The van der Waals surface area contributed by atoms with Gasteiger partial charge in [0.2, 0.25) is 0 Å². The first-order valence-corrected chi connectivity index (χ1v) is 9.20. The van der Waals surface area contributed by atoms with Crippen LogP contribution >= 0.6 is 0 Å². The van der Waals surface area contributed by atoms with Crippen LogP contribution in [0.2, 0.25) is 0 Å². The van der Waals surface area contributed by atoms with Crippen LogP contribution in [0.25, 0.3) is 0 Å². The number of carbonyl (C=O) groups is 1. The maximum atomic E-state index is 13.2. The van der Waals surface area contributed by atoms with Gasteiger partial charge < -0.3 is 9.64 Å². The highest BCUT2D eigenvalue weighted by atomic mass is 16.5. The number of hydrogen-bond acceptors (Lipinski definition) is 3. The largest absolute Gasteiger partial charge is 0.496 e. The Bertz CT molecular complexity index is 561. The van der Waals surface area contributed by atoms with Gasteiger partial charge in [0.25, 0.3) is 0 Å². The lowest BCUT2D eigenvalue weighted by molar-refractivity contribution is 0.0884. The molecule has 1 aromatic rings. The van der Waals surface area contributed by atoms with Gasteiger partial charge in [0, 0.05) is 18.0 Å². The molecular formula is C20H29NO2. The third-order valence-electron chi connectivity index (χ3n) is 5.52. The van der Waals surface area contributed by atoms with Crippen molar-refractivity contribution in [2.45, 2.75) is 51.9 Å². The molecule has 1 fully saturated rings. The second-order valence-corrected chi connectivity index (χ2v) is 6.96. The van der Waals surface area contributed by atoms with E-state index in [1.54, 1.807) is 7.11 Å². The fourth-order valence-electron chi connectivity index (χ4n) is 4.15. The minimum Gasteiger partial charge on any atom is -0.496 e. The summed E-state index contributed by atoms with van der Waals surface area (Å²) >= 11 is 0. The number of carbonyl (C=O) groups excluding carboxylic acids is 1. The fourth-order valence-corrected chi connectivity index (χ4v) is 4.15. The molecule has 1 atom stereocenters. The van der Waals surface area contributed by atoms with E-state index in [1.807, 2.05) is 12.1 Å². The lowest BCUT2D eigenvalue weighted by Crippen LogP contribution is -2.31. The molecule has 3 nitrogen and oxygen atoms in total. The van der Waals surface area contributed by atoms with Crippen molar-refractivity contribution in [3.8, 4) is 5.75 Å². The van der Waals surface area contributed by atoms with E-state index in [0.717, 1.165) is 50.2 Å². The molecule has 1 aromatic carbocycles. The van der Waals surface area contributed by atoms with E-state index in [2.05, 4.69) is 11.8 Å². The maximum Gasteiger partial charge on any atom is 0.167 e. The molecule has 3 rings (SSSR count). The first-order valence-electron chi connectivity index (χ1n) is 9.20. The minimum absolute atomic E-state index is 0.132. The average molecular weight is 315 g/mol. The van der Waals surface area contributed by atoms with Crippen LogP contribution in [0.3, 0.4) is 0 Å². The number of Topliss-reactive ketones (excluding diaryl/α,β-unsaturated/α-hetero) is 1. The SMILES string of the molecule is CCC(CN1CCCC1)C(=O)c1ccc(OC)c2c1CCCC2. The van der Waals surface area contributed by atoms with E-state index in [9.17, 15) is 4.79 Å². The molecule has 0 radical (unpaired) electrons. The maximum absolute atomic E-state index is 13.2. The summed E-state index contributed by atoms with van der Waals surface area (Å²) in [5, 5.41) is 0. The highest BCUT2D eigenvalue weighted by Crippen LogP contribution is 2.33. The molecule has 23 heavy (non-hydrogen) atoms. The van der Waals surface area contributed by atoms with Crippen LogP contribution in [-0.4, -0.2) is 37.4 Å². The van der Waals surface area contributed by atoms with E-state index < -0.39 is 0 Å². The molecule has 3 heteroatoms. The van der Waals surface area contributed by atoms with Crippen molar-refractivity contribution in [2.75, 3.05) is 26.7 Å². The first kappa shape index (κ1) is 16.5. The van der Waals surface area contributed by atoms with Crippen molar-refractivity contribution < 1.29 is 9.53 Å². The molecule has 1 unspecified atom stereocenters. The van der Waals surface area contributed by atoms with E-state index in [4.69, 9.17) is 4.74 Å². The van der Waals surface area contributed by atoms with Crippen LogP contribution in [0.15, 0.2) is 12.1 Å². The summed E-state index contributed by atoms with van der Waals surface area (Å²) < 4.78 is 5.52. The summed E-state index contributed by atoms with van der Waals surface area (Å²) in [5.74, 6) is 1.44. The second kappa shape index (κ2) is 7.48. The zero-order valence-electron chi connectivity index (χ0n) is 14.6. The van der Waals surface area contributed by atoms with Crippen LogP contribution < -0.4 is 4.74 Å². The number of nitrogens with zero attached hydrogens (tertiary/aromatic N) is 1. The highest BCUT2D eigenvalue weighted by Gasteiger charge is 2.27. The predicted molar refractivity (Wildman–Crippen MR) is 93.4 cm³/mol. The third-order valence-corrected chi connectivity index (χ3v) is 5.52. The van der Waals surface area contributed by atoms with Gasteiger partial charge in [-0.05, 0) is 81.3 Å². The van der Waals surface area contributed by atoms with Crippen molar-refractivity contribution in [1.29, 1.82) is 0 Å². The molecular weight excluding hydrogens is 286 g/mol. The summed E-state index contributed by atoms with van der Waals surface area (Å²) in [6, 6.07) is 4.01. The molecule has 1 saturated heterocycles. The Hall–Kier alpha value is -1.35. The van der Waals surface area contributed by atoms with Gasteiger partial charge in [-0.15, -0.1) is 0 Å². The van der Waals surface area contributed by atoms with Crippen LogP contribution in [0.5, 0.6) is 5.75 Å². The van der Waals surface area contributed by atoms with E-state index in [-0.39, 0.29) is 5.92 Å². The van der Waals surface area contributed by atoms with Crippen molar-refractivity contribution in [1.82, 2.24) is 4.90 Å². The molecule has 1 aliphatic carbocycles. The van der Waals surface area contributed by atoms with Gasteiger partial charge in [-0.2, -0.15) is 0 Å². The Kier molecular flexibility index (Phi) is 5.37. The lowest BCUT2D eigenvalue weighted by atomic mass is 9.83. The first-order chi connectivity index (χ1) is 11.2. The quantitative estimate of drug-likeness (QED) is 0.746. The molecule has 2 aliphatic rings. The van der Waals surface area contributed by atoms with Crippen LogP contribution in [-0.2, 0) is 12.8 Å². The summed E-state index contributed by atoms with van der Waals surface area (Å²) in [6.07, 6.45) is 7.94. The van der Waals surface area contributed by atoms with E-state index >= 15 is 0 Å². The molecule has 1 aliphatic heterocycles. The molecule has 0 amide bonds. The van der Waals surface area contributed by atoms with Gasteiger partial charge in [-0.1, -0.05) is 6.92 Å². The average Bonchev–Trinajstić information content (AvgIpc) is 3.11. The fraction of sp³-hybridized carbons (Fsp3) is 0.650. The van der Waals surface area contributed by atoms with Crippen LogP contribution in [0.4, 0.5) is 0 Å².